The Bertz CT molecular complexity index is 532. The van der Waals surface area contributed by atoms with Gasteiger partial charge < -0.3 is 20.8 Å². The second kappa shape index (κ2) is 7.83. The minimum atomic E-state index is -1.48. The van der Waals surface area contributed by atoms with Gasteiger partial charge in [-0.25, -0.2) is 9.59 Å². The van der Waals surface area contributed by atoms with Gasteiger partial charge in [-0.15, -0.1) is 0 Å². The topological polar surface area (TPSA) is 129 Å². The van der Waals surface area contributed by atoms with E-state index in [2.05, 4.69) is 15.6 Å². The predicted octanol–water partition coefficient (Wildman–Crippen LogP) is 0.371. The molecule has 8 nitrogen and oxygen atoms in total. The molecular formula is C13H17N3O5. The molecule has 1 atom stereocenters. The van der Waals surface area contributed by atoms with Gasteiger partial charge >= 0.3 is 18.0 Å². The fourth-order valence-corrected chi connectivity index (χ4v) is 1.70. The van der Waals surface area contributed by atoms with Crippen LogP contribution in [0.25, 0.3) is 0 Å². The second-order valence-corrected chi connectivity index (χ2v) is 4.28. The van der Waals surface area contributed by atoms with Crippen LogP contribution in [0, 0.1) is 0 Å². The molecule has 1 heterocycles. The largest absolute Gasteiger partial charge is 0.481 e. The number of aromatic nitrogens is 1. The summed E-state index contributed by atoms with van der Waals surface area (Å²) in [5, 5.41) is 22.0. The predicted molar refractivity (Wildman–Crippen MR) is 72.7 cm³/mol. The summed E-state index contributed by atoms with van der Waals surface area (Å²) in [4.78, 5) is 37.1. The third kappa shape index (κ3) is 5.47. The number of carboxylic acids is 2. The number of hydrogen-bond acceptors (Lipinski definition) is 4. The zero-order chi connectivity index (χ0) is 15.8. The highest BCUT2D eigenvalue weighted by molar-refractivity contribution is 5.86. The molecule has 0 aromatic carbocycles. The zero-order valence-electron chi connectivity index (χ0n) is 11.5. The van der Waals surface area contributed by atoms with Crippen molar-refractivity contribution in [1.82, 2.24) is 15.6 Å². The number of carbonyl (C=O) groups is 3. The molecule has 0 radical (unpaired) electrons. The number of urea groups is 1. The molecule has 0 fully saturated rings. The maximum Gasteiger partial charge on any atom is 0.326 e. The van der Waals surface area contributed by atoms with Gasteiger partial charge in [0.1, 0.15) is 6.04 Å². The molecule has 8 heteroatoms. The molecule has 0 spiro atoms. The first-order chi connectivity index (χ1) is 9.93. The van der Waals surface area contributed by atoms with Gasteiger partial charge in [-0.2, -0.15) is 0 Å². The summed E-state index contributed by atoms with van der Waals surface area (Å²) in [5.41, 5.74) is 1.65. The van der Waals surface area contributed by atoms with Crippen LogP contribution >= 0.6 is 0 Å². The average molecular weight is 295 g/mol. The van der Waals surface area contributed by atoms with E-state index in [-0.39, 0.29) is 6.54 Å². The molecule has 0 aliphatic rings. The summed E-state index contributed by atoms with van der Waals surface area (Å²) in [7, 11) is 0. The first-order valence-corrected chi connectivity index (χ1v) is 6.35. The highest BCUT2D eigenvalue weighted by Crippen LogP contribution is 2.05. The molecule has 114 valence electrons. The standard InChI is InChI=1S/C13H17N3O5/c1-2-8-4-3-5-14-10(8)7-15-13(21)16-9(12(19)20)6-11(17)18/h3-5,9H,2,6-7H2,1H3,(H,17,18)(H,19,20)(H2,15,16,21)/t9-/m1/s1. The van der Waals surface area contributed by atoms with Gasteiger partial charge in [0, 0.05) is 6.20 Å². The van der Waals surface area contributed by atoms with Gasteiger partial charge in [0.25, 0.3) is 0 Å². The molecule has 0 unspecified atom stereocenters. The Morgan fingerprint density at radius 1 is 1.33 bits per heavy atom. The number of amides is 2. The Morgan fingerprint density at radius 2 is 2.05 bits per heavy atom. The zero-order valence-corrected chi connectivity index (χ0v) is 11.5. The van der Waals surface area contributed by atoms with E-state index < -0.39 is 30.4 Å². The van der Waals surface area contributed by atoms with Crippen LogP contribution < -0.4 is 10.6 Å². The van der Waals surface area contributed by atoms with E-state index in [1.54, 1.807) is 12.3 Å². The van der Waals surface area contributed by atoms with Crippen molar-refractivity contribution >= 4 is 18.0 Å². The first-order valence-electron chi connectivity index (χ1n) is 6.35. The Balaban J connectivity index is 2.56. The molecular weight excluding hydrogens is 278 g/mol. The number of hydrogen-bond donors (Lipinski definition) is 4. The Labute approximate surface area is 121 Å². The van der Waals surface area contributed by atoms with Crippen molar-refractivity contribution in [3.63, 3.8) is 0 Å². The highest BCUT2D eigenvalue weighted by Gasteiger charge is 2.22. The number of rotatable bonds is 7. The second-order valence-electron chi connectivity index (χ2n) is 4.28. The van der Waals surface area contributed by atoms with E-state index >= 15 is 0 Å². The smallest absolute Gasteiger partial charge is 0.326 e. The molecule has 4 N–H and O–H groups in total. The molecule has 1 rings (SSSR count). The Kier molecular flexibility index (Phi) is 6.12. The van der Waals surface area contributed by atoms with Crippen molar-refractivity contribution < 1.29 is 24.6 Å². The summed E-state index contributed by atoms with van der Waals surface area (Å²) in [6, 6.07) is 1.44. The lowest BCUT2D eigenvalue weighted by Gasteiger charge is -2.13. The molecule has 1 aromatic rings. The molecule has 21 heavy (non-hydrogen) atoms. The SMILES string of the molecule is CCc1cccnc1CNC(=O)N[C@H](CC(=O)O)C(=O)O. The third-order valence-corrected chi connectivity index (χ3v) is 2.76. The average Bonchev–Trinajstić information content (AvgIpc) is 2.44. The van der Waals surface area contributed by atoms with Crippen LogP contribution in [-0.4, -0.2) is 39.2 Å². The number of nitrogens with zero attached hydrogens (tertiary/aromatic N) is 1. The number of nitrogens with one attached hydrogen (secondary N) is 2. The van der Waals surface area contributed by atoms with Crippen LogP contribution in [0.15, 0.2) is 18.3 Å². The van der Waals surface area contributed by atoms with Crippen molar-refractivity contribution in [2.45, 2.75) is 32.4 Å². The summed E-state index contributed by atoms with van der Waals surface area (Å²) < 4.78 is 0. The first kappa shape index (κ1) is 16.4. The summed E-state index contributed by atoms with van der Waals surface area (Å²) >= 11 is 0. The molecule has 2 amide bonds. The van der Waals surface area contributed by atoms with Crippen LogP contribution in [0.4, 0.5) is 4.79 Å². The summed E-state index contributed by atoms with van der Waals surface area (Å²) in [5.74, 6) is -2.71. The number of pyridine rings is 1. The van der Waals surface area contributed by atoms with E-state index in [4.69, 9.17) is 10.2 Å². The molecule has 0 saturated carbocycles. The molecule has 0 aliphatic carbocycles. The molecule has 0 aliphatic heterocycles. The lowest BCUT2D eigenvalue weighted by atomic mass is 10.1. The van der Waals surface area contributed by atoms with Crippen LogP contribution in [0.2, 0.25) is 0 Å². The van der Waals surface area contributed by atoms with Crippen LogP contribution in [0.5, 0.6) is 0 Å². The lowest BCUT2D eigenvalue weighted by molar-refractivity contribution is -0.145. The number of aryl methyl sites for hydroxylation is 1. The Hall–Kier alpha value is -2.64. The van der Waals surface area contributed by atoms with E-state index in [1.165, 1.54) is 0 Å². The summed E-state index contributed by atoms with van der Waals surface area (Å²) in [6.07, 6.45) is 1.66. The van der Waals surface area contributed by atoms with Crippen LogP contribution in [-0.2, 0) is 22.6 Å². The number of carbonyl (C=O) groups excluding carboxylic acids is 1. The monoisotopic (exact) mass is 295 g/mol. The van der Waals surface area contributed by atoms with E-state index in [0.29, 0.717) is 5.69 Å². The fourth-order valence-electron chi connectivity index (χ4n) is 1.70. The maximum atomic E-state index is 11.6. The minimum Gasteiger partial charge on any atom is -0.481 e. The maximum absolute atomic E-state index is 11.6. The minimum absolute atomic E-state index is 0.134. The normalized spacial score (nSPS) is 11.5. The highest BCUT2D eigenvalue weighted by atomic mass is 16.4. The van der Waals surface area contributed by atoms with Gasteiger partial charge in [-0.05, 0) is 18.1 Å². The van der Waals surface area contributed by atoms with Gasteiger partial charge in [-0.3, -0.25) is 9.78 Å². The van der Waals surface area contributed by atoms with Crippen LogP contribution in [0.1, 0.15) is 24.6 Å². The number of carboxylic acid groups (broad SMARTS) is 2. The van der Waals surface area contributed by atoms with E-state index in [9.17, 15) is 14.4 Å². The van der Waals surface area contributed by atoms with Gasteiger partial charge in [0.2, 0.25) is 0 Å². The van der Waals surface area contributed by atoms with Gasteiger partial charge in [0.15, 0.2) is 0 Å². The lowest BCUT2D eigenvalue weighted by Crippen LogP contribution is -2.46. The number of aliphatic carboxylic acids is 2. The van der Waals surface area contributed by atoms with Crippen molar-refractivity contribution in [3.05, 3.63) is 29.6 Å². The van der Waals surface area contributed by atoms with Crippen molar-refractivity contribution in [2.24, 2.45) is 0 Å². The molecule has 1 aromatic heterocycles. The van der Waals surface area contributed by atoms with Crippen molar-refractivity contribution in [1.29, 1.82) is 0 Å². The summed E-state index contributed by atoms with van der Waals surface area (Å²) in [6.45, 7) is 2.09. The Morgan fingerprint density at radius 3 is 2.62 bits per heavy atom. The van der Waals surface area contributed by atoms with E-state index in [0.717, 1.165) is 12.0 Å². The molecule has 0 saturated heterocycles. The van der Waals surface area contributed by atoms with Gasteiger partial charge in [0.05, 0.1) is 18.7 Å². The van der Waals surface area contributed by atoms with Crippen LogP contribution in [0.3, 0.4) is 0 Å². The fraction of sp³-hybridized carbons (Fsp3) is 0.385. The molecule has 0 bridgehead atoms. The van der Waals surface area contributed by atoms with Crippen molar-refractivity contribution in [2.75, 3.05) is 0 Å². The van der Waals surface area contributed by atoms with Crippen molar-refractivity contribution in [3.8, 4) is 0 Å². The third-order valence-electron chi connectivity index (χ3n) is 2.76. The van der Waals surface area contributed by atoms with Gasteiger partial charge in [-0.1, -0.05) is 13.0 Å². The quantitative estimate of drug-likeness (QED) is 0.575. The van der Waals surface area contributed by atoms with E-state index in [1.807, 2.05) is 13.0 Å².